The van der Waals surface area contributed by atoms with Crippen molar-refractivity contribution in [3.8, 4) is 5.75 Å². The molecular formula is C34H46N2O10S3Si. The van der Waals surface area contributed by atoms with Crippen LogP contribution in [0.4, 0.5) is 0 Å². The number of ether oxygens (including phenoxy) is 3. The van der Waals surface area contributed by atoms with Crippen LogP contribution in [-0.2, 0) is 28.3 Å². The van der Waals surface area contributed by atoms with E-state index in [9.17, 15) is 29.3 Å². The van der Waals surface area contributed by atoms with Crippen LogP contribution in [0.5, 0.6) is 5.75 Å². The van der Waals surface area contributed by atoms with E-state index < -0.39 is 70.9 Å². The SMILES string of the molecule is CCS[C@@H]1[C@@H]([C@@H](C)O[Si](C)(C)C(C)(C)C)C(=O)N1C(C(=O)OC(c1ccccc1)[N+](=O)[O-])=C(Oc1ccsc1C(=O)OC)SC(=O)C(C)(C)C. The number of rotatable bonds is 14. The fourth-order valence-electron chi connectivity index (χ4n) is 4.58. The molecule has 0 N–H and O–H groups in total. The molecule has 2 aromatic rings. The molecule has 274 valence electrons. The lowest BCUT2D eigenvalue weighted by Crippen LogP contribution is -2.64. The quantitative estimate of drug-likeness (QED) is 0.0269. The van der Waals surface area contributed by atoms with Gasteiger partial charge in [-0.25, -0.2) is 9.59 Å². The number of benzene rings is 1. The maximum Gasteiger partial charge on any atom is 0.383 e. The summed E-state index contributed by atoms with van der Waals surface area (Å²) in [5.74, 6) is -2.70. The Bertz CT molecular complexity index is 1610. The van der Waals surface area contributed by atoms with Crippen LogP contribution < -0.4 is 4.74 Å². The van der Waals surface area contributed by atoms with E-state index in [4.69, 9.17) is 18.6 Å². The second-order valence-corrected chi connectivity index (χ2v) is 22.1. The fourth-order valence-corrected chi connectivity index (χ4v) is 8.87. The normalized spacial score (nSPS) is 18.4. The molecule has 1 fully saturated rings. The van der Waals surface area contributed by atoms with E-state index >= 15 is 0 Å². The highest BCUT2D eigenvalue weighted by molar-refractivity contribution is 8.16. The number of hydrogen-bond acceptors (Lipinski definition) is 13. The third-order valence-electron chi connectivity index (χ3n) is 8.34. The molecule has 0 spiro atoms. The van der Waals surface area contributed by atoms with Gasteiger partial charge in [-0.2, -0.15) is 0 Å². The molecule has 16 heteroatoms. The van der Waals surface area contributed by atoms with Crippen molar-refractivity contribution in [2.24, 2.45) is 11.3 Å². The third-order valence-corrected chi connectivity index (χ3v) is 16.2. The Morgan fingerprint density at radius 2 is 1.70 bits per heavy atom. The van der Waals surface area contributed by atoms with E-state index in [-0.39, 0.29) is 26.3 Å². The number of amides is 1. The summed E-state index contributed by atoms with van der Waals surface area (Å²) in [4.78, 5) is 67.6. The predicted molar refractivity (Wildman–Crippen MR) is 198 cm³/mol. The Kier molecular flexibility index (Phi) is 13.6. The van der Waals surface area contributed by atoms with Crippen LogP contribution in [0.25, 0.3) is 0 Å². The highest BCUT2D eigenvalue weighted by atomic mass is 32.2. The number of likely N-dealkylation sites (tertiary alicyclic amines) is 1. The van der Waals surface area contributed by atoms with E-state index in [2.05, 4.69) is 33.9 Å². The second-order valence-electron chi connectivity index (χ2n) is 14.1. The molecule has 1 amide bonds. The fraction of sp³-hybridized carbons (Fsp3) is 0.529. The summed E-state index contributed by atoms with van der Waals surface area (Å²) in [6.45, 7) is 19.2. The zero-order valence-electron chi connectivity index (χ0n) is 30.3. The van der Waals surface area contributed by atoms with Crippen LogP contribution in [-0.4, -0.2) is 65.4 Å². The number of nitro groups is 1. The average Bonchev–Trinajstić information content (AvgIpc) is 3.48. The van der Waals surface area contributed by atoms with Crippen molar-refractivity contribution in [1.29, 1.82) is 0 Å². The van der Waals surface area contributed by atoms with Gasteiger partial charge in [0.25, 0.3) is 0 Å². The van der Waals surface area contributed by atoms with Crippen LogP contribution >= 0.6 is 34.9 Å². The minimum Gasteiger partial charge on any atom is -0.465 e. The molecule has 1 aliphatic heterocycles. The highest BCUT2D eigenvalue weighted by Gasteiger charge is 2.56. The third kappa shape index (κ3) is 9.37. The van der Waals surface area contributed by atoms with Gasteiger partial charge in [-0.3, -0.25) is 24.6 Å². The monoisotopic (exact) mass is 766 g/mol. The van der Waals surface area contributed by atoms with Crippen molar-refractivity contribution in [3.05, 3.63) is 73.1 Å². The van der Waals surface area contributed by atoms with Gasteiger partial charge in [0.1, 0.15) is 0 Å². The van der Waals surface area contributed by atoms with Gasteiger partial charge in [0.2, 0.25) is 11.0 Å². The molecule has 50 heavy (non-hydrogen) atoms. The first-order valence-corrected chi connectivity index (χ1v) is 21.6. The van der Waals surface area contributed by atoms with Crippen LogP contribution in [0.1, 0.15) is 76.9 Å². The largest absolute Gasteiger partial charge is 0.465 e. The second kappa shape index (κ2) is 16.4. The van der Waals surface area contributed by atoms with Gasteiger partial charge < -0.3 is 18.6 Å². The van der Waals surface area contributed by atoms with E-state index in [0.29, 0.717) is 17.5 Å². The van der Waals surface area contributed by atoms with Crippen molar-refractivity contribution in [2.75, 3.05) is 12.9 Å². The zero-order valence-corrected chi connectivity index (χ0v) is 33.7. The molecule has 2 heterocycles. The average molecular weight is 767 g/mol. The number of β-lactam (4-membered cyclic amide) rings is 1. The molecule has 4 atom stereocenters. The molecule has 1 saturated heterocycles. The molecule has 0 aliphatic carbocycles. The molecule has 3 rings (SSSR count). The Labute approximate surface area is 306 Å². The summed E-state index contributed by atoms with van der Waals surface area (Å²) >= 11 is 2.92. The zero-order chi connectivity index (χ0) is 37.8. The first kappa shape index (κ1) is 41.2. The molecule has 1 aromatic heterocycles. The molecule has 0 radical (unpaired) electrons. The summed E-state index contributed by atoms with van der Waals surface area (Å²) in [5, 5.41) is 12.2. The van der Waals surface area contributed by atoms with Crippen molar-refractivity contribution in [3.63, 3.8) is 0 Å². The molecule has 1 unspecified atom stereocenters. The lowest BCUT2D eigenvalue weighted by atomic mass is 9.92. The van der Waals surface area contributed by atoms with Gasteiger partial charge >= 0.3 is 18.2 Å². The van der Waals surface area contributed by atoms with E-state index in [0.717, 1.165) is 11.3 Å². The molecule has 1 aliphatic rings. The lowest BCUT2D eigenvalue weighted by Gasteiger charge is -2.51. The molecule has 0 bridgehead atoms. The molecule has 1 aromatic carbocycles. The van der Waals surface area contributed by atoms with Gasteiger partial charge in [-0.1, -0.05) is 66.7 Å². The first-order valence-electron chi connectivity index (χ1n) is 16.0. The predicted octanol–water partition coefficient (Wildman–Crippen LogP) is 7.86. The van der Waals surface area contributed by atoms with Crippen molar-refractivity contribution < 1.29 is 42.7 Å². The van der Waals surface area contributed by atoms with Crippen LogP contribution in [0.15, 0.2) is 52.6 Å². The maximum absolute atomic E-state index is 14.4. The Balaban J connectivity index is 2.27. The summed E-state index contributed by atoms with van der Waals surface area (Å²) in [7, 11) is -1.14. The van der Waals surface area contributed by atoms with Crippen LogP contribution in [0.2, 0.25) is 18.1 Å². The van der Waals surface area contributed by atoms with E-state index in [1.165, 1.54) is 42.0 Å². The number of carbonyl (C=O) groups is 4. The topological polar surface area (TPSA) is 152 Å². The summed E-state index contributed by atoms with van der Waals surface area (Å²) in [6.07, 6.45) is -2.49. The summed E-state index contributed by atoms with van der Waals surface area (Å²) in [5.41, 5.74) is -1.36. The number of thiophene rings is 1. The van der Waals surface area contributed by atoms with Crippen LogP contribution in [0.3, 0.4) is 0 Å². The minimum atomic E-state index is -2.34. The van der Waals surface area contributed by atoms with Crippen molar-refractivity contribution >= 4 is 66.1 Å². The number of carbonyl (C=O) groups excluding carboxylic acids is 4. The number of thioether (sulfide) groups is 2. The smallest absolute Gasteiger partial charge is 0.383 e. The van der Waals surface area contributed by atoms with Gasteiger partial charge in [-0.15, -0.1) is 23.1 Å². The summed E-state index contributed by atoms with van der Waals surface area (Å²) < 4.78 is 23.3. The van der Waals surface area contributed by atoms with Gasteiger partial charge in [-0.05, 0) is 66.1 Å². The maximum atomic E-state index is 14.4. The molecule has 0 saturated carbocycles. The highest BCUT2D eigenvalue weighted by Crippen LogP contribution is 2.47. The Hall–Kier alpha value is -3.18. The lowest BCUT2D eigenvalue weighted by molar-refractivity contribution is -0.575. The Morgan fingerprint density at radius 1 is 1.08 bits per heavy atom. The number of hydrogen-bond donors (Lipinski definition) is 0. The number of nitrogens with zero attached hydrogens (tertiary/aromatic N) is 2. The van der Waals surface area contributed by atoms with E-state index in [1.807, 2.05) is 13.8 Å². The van der Waals surface area contributed by atoms with Crippen LogP contribution in [0, 0.1) is 21.4 Å². The minimum absolute atomic E-state index is 0.0379. The standard InChI is InChI=1S/C34H46N2O10S3Si/c1-12-47-28-23(20(2)46-50(10,11)34(6,7)8)26(37)35(28)24(29(38)45-27(36(41)42)21-16-14-13-15-17-21)31(49-32(40)33(3,4)5)44-22-18-19-48-25(22)30(39)43-9/h13-20,23,27-28H,12H2,1-11H3/t20-,23+,27?,28-/m1/s1. The van der Waals surface area contributed by atoms with Gasteiger partial charge in [0.05, 0.1) is 35.0 Å². The van der Waals surface area contributed by atoms with Gasteiger partial charge in [0, 0.05) is 5.41 Å². The number of esters is 2. The first-order chi connectivity index (χ1) is 23.2. The van der Waals surface area contributed by atoms with Crippen molar-refractivity contribution in [2.45, 2.75) is 91.2 Å². The molecule has 12 nitrogen and oxygen atoms in total. The van der Waals surface area contributed by atoms with Gasteiger partial charge in [0.15, 0.2) is 29.7 Å². The summed E-state index contributed by atoms with van der Waals surface area (Å²) in [6, 6.07) is 9.12. The number of methoxy groups -OCH3 is 1. The molecular weight excluding hydrogens is 721 g/mol. The Morgan fingerprint density at radius 3 is 2.22 bits per heavy atom. The van der Waals surface area contributed by atoms with Crippen molar-refractivity contribution in [1.82, 2.24) is 4.90 Å². The van der Waals surface area contributed by atoms with E-state index in [1.54, 1.807) is 44.4 Å².